The molecule has 0 aliphatic heterocycles. The van der Waals surface area contributed by atoms with Crippen LogP contribution in [0.4, 0.5) is 0 Å². The molecule has 0 heterocycles. The Balaban J connectivity index is 2.09. The van der Waals surface area contributed by atoms with E-state index in [0.717, 1.165) is 41.0 Å². The van der Waals surface area contributed by atoms with Gasteiger partial charge in [-0.2, -0.15) is 0 Å². The zero-order chi connectivity index (χ0) is 22.9. The number of aliphatic hydroxyl groups excluding tert-OH is 1. The summed E-state index contributed by atoms with van der Waals surface area (Å²) < 4.78 is 5.88. The number of rotatable bonds is 10. The third-order valence-electron chi connectivity index (χ3n) is 5.39. The van der Waals surface area contributed by atoms with Gasteiger partial charge >= 0.3 is 0 Å². The summed E-state index contributed by atoms with van der Waals surface area (Å²) in [5, 5.41) is 19.6. The second kappa shape index (κ2) is 11.5. The van der Waals surface area contributed by atoms with Gasteiger partial charge in [-0.3, -0.25) is 0 Å². The summed E-state index contributed by atoms with van der Waals surface area (Å²) >= 11 is 0. The molecule has 2 N–H and O–H groups in total. The summed E-state index contributed by atoms with van der Waals surface area (Å²) in [5.41, 5.74) is 5.48. The second-order valence-electron chi connectivity index (χ2n) is 8.43. The maximum absolute atomic E-state index is 9.84. The number of aliphatic hydroxyl groups is 1. The Morgan fingerprint density at radius 2 is 1.44 bits per heavy atom. The largest absolute Gasteiger partial charge is 0.508 e. The number of phenols is 1. The van der Waals surface area contributed by atoms with Crippen LogP contribution in [0.25, 0.3) is 11.1 Å². The van der Waals surface area contributed by atoms with Crippen LogP contribution in [0.15, 0.2) is 78.9 Å². The fraction of sp³-hybridized carbons (Fsp3) is 0.286. The summed E-state index contributed by atoms with van der Waals surface area (Å²) in [4.78, 5) is 2.09. The number of likely N-dealkylation sites (N-methyl/N-ethyl adjacent to an activating group) is 1. The van der Waals surface area contributed by atoms with E-state index < -0.39 is 0 Å². The van der Waals surface area contributed by atoms with Crippen molar-refractivity contribution >= 4 is 11.1 Å². The smallest absolute Gasteiger partial charge is 0.119 e. The number of allylic oxidation sites excluding steroid dienone is 1. The predicted molar refractivity (Wildman–Crippen MR) is 132 cm³/mol. The van der Waals surface area contributed by atoms with Gasteiger partial charge in [0.25, 0.3) is 0 Å². The van der Waals surface area contributed by atoms with E-state index in [1.54, 1.807) is 12.1 Å². The molecule has 0 saturated heterocycles. The molecule has 3 aromatic carbocycles. The van der Waals surface area contributed by atoms with Gasteiger partial charge in [0.15, 0.2) is 0 Å². The maximum atomic E-state index is 9.84. The average molecular weight is 432 g/mol. The quantitative estimate of drug-likeness (QED) is 0.427. The minimum absolute atomic E-state index is 0.117. The van der Waals surface area contributed by atoms with Crippen LogP contribution in [-0.2, 0) is 0 Å². The van der Waals surface area contributed by atoms with Gasteiger partial charge in [0.05, 0.1) is 0 Å². The topological polar surface area (TPSA) is 52.9 Å². The van der Waals surface area contributed by atoms with E-state index in [4.69, 9.17) is 4.74 Å². The Kier molecular flexibility index (Phi) is 8.48. The maximum Gasteiger partial charge on any atom is 0.119 e. The predicted octanol–water partition coefficient (Wildman–Crippen LogP) is 5.31. The lowest BCUT2D eigenvalue weighted by Crippen LogP contribution is -2.19. The van der Waals surface area contributed by atoms with E-state index in [1.165, 1.54) is 5.57 Å². The molecule has 0 bridgehead atoms. The summed E-state index contributed by atoms with van der Waals surface area (Å²) in [6.07, 6.45) is 0.734. The molecule has 3 rings (SSSR count). The number of hydrogen-bond acceptors (Lipinski definition) is 4. The molecule has 0 aliphatic rings. The van der Waals surface area contributed by atoms with Crippen molar-refractivity contribution in [1.29, 1.82) is 0 Å². The van der Waals surface area contributed by atoms with Crippen molar-refractivity contribution in [3.8, 4) is 11.5 Å². The molecule has 0 aromatic heterocycles. The first-order valence-electron chi connectivity index (χ1n) is 11.0. The van der Waals surface area contributed by atoms with Gasteiger partial charge in [-0.1, -0.05) is 61.5 Å². The Morgan fingerprint density at radius 1 is 0.844 bits per heavy atom. The van der Waals surface area contributed by atoms with Crippen LogP contribution in [0, 0.1) is 5.92 Å². The number of phenolic OH excluding ortho intramolecular Hbond substituents is 1. The molecule has 3 aromatic rings. The molecule has 0 aliphatic carbocycles. The molecular weight excluding hydrogens is 398 g/mol. The molecule has 1 atom stereocenters. The summed E-state index contributed by atoms with van der Waals surface area (Å²) in [6.45, 7) is 3.67. The number of hydrogen-bond donors (Lipinski definition) is 2. The minimum Gasteiger partial charge on any atom is -0.508 e. The van der Waals surface area contributed by atoms with Crippen LogP contribution in [0.1, 0.15) is 30.0 Å². The van der Waals surface area contributed by atoms with E-state index in [1.807, 2.05) is 56.6 Å². The Morgan fingerprint density at radius 3 is 2.00 bits per heavy atom. The normalized spacial score (nSPS) is 13.0. The fourth-order valence-corrected chi connectivity index (χ4v) is 3.62. The van der Waals surface area contributed by atoms with Crippen LogP contribution in [0.2, 0.25) is 0 Å². The van der Waals surface area contributed by atoms with Crippen molar-refractivity contribution in [3.05, 3.63) is 95.6 Å². The summed E-state index contributed by atoms with van der Waals surface area (Å²) in [5.74, 6) is 1.19. The van der Waals surface area contributed by atoms with Crippen molar-refractivity contribution in [3.63, 3.8) is 0 Å². The third kappa shape index (κ3) is 6.46. The van der Waals surface area contributed by atoms with Crippen LogP contribution < -0.4 is 4.74 Å². The molecule has 168 valence electrons. The Labute approximate surface area is 191 Å². The highest BCUT2D eigenvalue weighted by Crippen LogP contribution is 2.37. The highest BCUT2D eigenvalue weighted by atomic mass is 16.5. The van der Waals surface area contributed by atoms with Gasteiger partial charge in [0.2, 0.25) is 0 Å². The lowest BCUT2D eigenvalue weighted by atomic mass is 9.85. The van der Waals surface area contributed by atoms with Crippen molar-refractivity contribution in [2.45, 2.75) is 13.3 Å². The molecule has 0 amide bonds. The van der Waals surface area contributed by atoms with E-state index in [-0.39, 0.29) is 18.3 Å². The van der Waals surface area contributed by atoms with E-state index >= 15 is 0 Å². The van der Waals surface area contributed by atoms with E-state index in [0.29, 0.717) is 6.61 Å². The summed E-state index contributed by atoms with van der Waals surface area (Å²) in [7, 11) is 4.05. The molecule has 4 nitrogen and oxygen atoms in total. The molecule has 0 spiro atoms. The van der Waals surface area contributed by atoms with Crippen LogP contribution >= 0.6 is 0 Å². The van der Waals surface area contributed by atoms with Gasteiger partial charge in [0, 0.05) is 13.2 Å². The molecule has 0 radical (unpaired) electrons. The standard InChI is InChI=1S/C28H33NO3/c1-21(20-30)19-27(22-7-5-4-6-8-22)28(23-9-13-25(31)14-10-23)24-11-15-26(16-12-24)32-18-17-29(2)3/h4-16,21,30-31H,17-20H2,1-3H3/b28-27-. The molecule has 0 saturated carbocycles. The molecule has 0 fully saturated rings. The van der Waals surface area contributed by atoms with Gasteiger partial charge < -0.3 is 19.8 Å². The molecule has 32 heavy (non-hydrogen) atoms. The first-order chi connectivity index (χ1) is 15.5. The zero-order valence-corrected chi connectivity index (χ0v) is 19.2. The van der Waals surface area contributed by atoms with Crippen molar-refractivity contribution < 1.29 is 14.9 Å². The molecule has 4 heteroatoms. The molecular formula is C28H33NO3. The van der Waals surface area contributed by atoms with Gasteiger partial charge in [-0.15, -0.1) is 0 Å². The van der Waals surface area contributed by atoms with Crippen molar-refractivity contribution in [1.82, 2.24) is 4.90 Å². The zero-order valence-electron chi connectivity index (χ0n) is 19.2. The monoisotopic (exact) mass is 431 g/mol. The highest BCUT2D eigenvalue weighted by Gasteiger charge is 2.17. The van der Waals surface area contributed by atoms with Crippen molar-refractivity contribution in [2.24, 2.45) is 5.92 Å². The number of ether oxygens (including phenoxy) is 1. The number of benzene rings is 3. The van der Waals surface area contributed by atoms with Crippen LogP contribution in [0.3, 0.4) is 0 Å². The number of aromatic hydroxyl groups is 1. The fourth-order valence-electron chi connectivity index (χ4n) is 3.62. The first-order valence-corrected chi connectivity index (χ1v) is 11.0. The van der Waals surface area contributed by atoms with Gasteiger partial charge in [-0.25, -0.2) is 0 Å². The lowest BCUT2D eigenvalue weighted by Gasteiger charge is -2.20. The minimum atomic E-state index is 0.117. The molecule has 1 unspecified atom stereocenters. The Bertz CT molecular complexity index is 993. The first kappa shape index (κ1) is 23.6. The SMILES string of the molecule is CC(CO)C/C(=C(\c1ccc(O)cc1)c1ccc(OCCN(C)C)cc1)c1ccccc1. The van der Waals surface area contributed by atoms with E-state index in [2.05, 4.69) is 36.1 Å². The van der Waals surface area contributed by atoms with E-state index in [9.17, 15) is 10.2 Å². The number of nitrogens with zero attached hydrogens (tertiary/aromatic N) is 1. The van der Waals surface area contributed by atoms with Gasteiger partial charge in [-0.05, 0) is 78.5 Å². The average Bonchev–Trinajstić information content (AvgIpc) is 2.81. The van der Waals surface area contributed by atoms with Crippen LogP contribution in [-0.4, -0.2) is 49.0 Å². The van der Waals surface area contributed by atoms with Crippen molar-refractivity contribution in [2.75, 3.05) is 33.9 Å². The highest BCUT2D eigenvalue weighted by molar-refractivity contribution is 5.98. The lowest BCUT2D eigenvalue weighted by molar-refractivity contribution is 0.240. The van der Waals surface area contributed by atoms with Gasteiger partial charge in [0.1, 0.15) is 18.1 Å². The van der Waals surface area contributed by atoms with Crippen LogP contribution in [0.5, 0.6) is 11.5 Å². The third-order valence-corrected chi connectivity index (χ3v) is 5.39. The second-order valence-corrected chi connectivity index (χ2v) is 8.43. The summed E-state index contributed by atoms with van der Waals surface area (Å²) in [6, 6.07) is 25.8. The Hall–Kier alpha value is -3.08.